The maximum atomic E-state index is 12.4. The molecule has 0 aromatic heterocycles. The Morgan fingerprint density at radius 2 is 1.74 bits per heavy atom. The van der Waals surface area contributed by atoms with Gasteiger partial charge in [0.2, 0.25) is 0 Å². The van der Waals surface area contributed by atoms with E-state index in [0.717, 1.165) is 11.3 Å². The minimum absolute atomic E-state index is 0.0816. The molecule has 1 amide bonds. The smallest absolute Gasteiger partial charge is 0.255 e. The molecule has 1 aliphatic carbocycles. The molecule has 1 N–H and O–H groups in total. The molecule has 2 aromatic rings. The number of rotatable bonds is 3. The van der Waals surface area contributed by atoms with Gasteiger partial charge in [0.25, 0.3) is 5.91 Å². The van der Waals surface area contributed by atoms with E-state index in [1.54, 1.807) is 6.07 Å². The summed E-state index contributed by atoms with van der Waals surface area (Å²) in [6, 6.07) is 13.6. The van der Waals surface area contributed by atoms with Gasteiger partial charge < -0.3 is 5.32 Å². The van der Waals surface area contributed by atoms with Crippen molar-refractivity contribution in [3.63, 3.8) is 0 Å². The molecule has 0 atom stereocenters. The number of hydrogen-bond donors (Lipinski definition) is 1. The van der Waals surface area contributed by atoms with E-state index in [2.05, 4.69) is 17.4 Å². The van der Waals surface area contributed by atoms with E-state index in [9.17, 15) is 4.79 Å². The Morgan fingerprint density at radius 1 is 1.04 bits per heavy atom. The molecule has 2 nitrogen and oxygen atoms in total. The minimum Gasteiger partial charge on any atom is -0.322 e. The zero-order chi connectivity index (χ0) is 16.2. The minimum atomic E-state index is -0.0816. The van der Waals surface area contributed by atoms with Gasteiger partial charge in [-0.3, -0.25) is 4.79 Å². The second-order valence-corrected chi connectivity index (χ2v) is 6.78. The number of hydrogen-bond acceptors (Lipinski definition) is 1. The number of carbonyl (C=O) groups is 1. The molecule has 0 radical (unpaired) electrons. The lowest BCUT2D eigenvalue weighted by molar-refractivity contribution is 0.102. The van der Waals surface area contributed by atoms with Gasteiger partial charge in [-0.25, -0.2) is 0 Å². The molecule has 3 rings (SSSR count). The summed E-state index contributed by atoms with van der Waals surface area (Å²) in [5, 5.41) is 3.64. The van der Waals surface area contributed by atoms with Crippen LogP contribution in [0.1, 0.15) is 59.5 Å². The van der Waals surface area contributed by atoms with Crippen LogP contribution in [0.25, 0.3) is 0 Å². The van der Waals surface area contributed by atoms with Crippen molar-refractivity contribution in [1.29, 1.82) is 0 Å². The summed E-state index contributed by atoms with van der Waals surface area (Å²) >= 11 is 6.01. The quantitative estimate of drug-likeness (QED) is 0.741. The van der Waals surface area contributed by atoms with Gasteiger partial charge in [0.05, 0.1) is 0 Å². The number of halogens is 1. The number of amides is 1. The fourth-order valence-corrected chi connectivity index (χ4v) is 3.39. The van der Waals surface area contributed by atoms with Gasteiger partial charge in [-0.2, -0.15) is 0 Å². The van der Waals surface area contributed by atoms with Crippen molar-refractivity contribution in [3.8, 4) is 0 Å². The lowest BCUT2D eigenvalue weighted by atomic mass is 9.84. The van der Waals surface area contributed by atoms with Gasteiger partial charge in [-0.05, 0) is 67.1 Å². The van der Waals surface area contributed by atoms with Crippen LogP contribution in [0.5, 0.6) is 0 Å². The Balaban J connectivity index is 1.68. The second kappa shape index (κ2) is 7.18. The molecular formula is C20H22ClNO. The van der Waals surface area contributed by atoms with Gasteiger partial charge in [0, 0.05) is 16.3 Å². The highest BCUT2D eigenvalue weighted by molar-refractivity contribution is 6.31. The zero-order valence-corrected chi connectivity index (χ0v) is 14.2. The van der Waals surface area contributed by atoms with Crippen molar-refractivity contribution in [2.24, 2.45) is 0 Å². The highest BCUT2D eigenvalue weighted by atomic mass is 35.5. The van der Waals surface area contributed by atoms with Crippen molar-refractivity contribution in [3.05, 3.63) is 64.2 Å². The SMILES string of the molecule is Cc1cc(NC(=O)c2ccc(C3CCCCC3)cc2)ccc1Cl. The van der Waals surface area contributed by atoms with Crippen molar-refractivity contribution >= 4 is 23.2 Å². The van der Waals surface area contributed by atoms with E-state index in [1.807, 2.05) is 31.2 Å². The summed E-state index contributed by atoms with van der Waals surface area (Å²) in [5.74, 6) is 0.585. The van der Waals surface area contributed by atoms with Gasteiger partial charge in [-0.15, -0.1) is 0 Å². The summed E-state index contributed by atoms with van der Waals surface area (Å²) in [5.41, 5.74) is 3.78. The zero-order valence-electron chi connectivity index (χ0n) is 13.4. The third-order valence-electron chi connectivity index (χ3n) is 4.67. The third kappa shape index (κ3) is 3.94. The van der Waals surface area contributed by atoms with Crippen molar-refractivity contribution in [1.82, 2.24) is 0 Å². The van der Waals surface area contributed by atoms with Crippen LogP contribution in [0.2, 0.25) is 5.02 Å². The molecule has 1 saturated carbocycles. The van der Waals surface area contributed by atoms with Crippen LogP contribution in [-0.4, -0.2) is 5.91 Å². The first-order valence-corrected chi connectivity index (χ1v) is 8.69. The van der Waals surface area contributed by atoms with Crippen LogP contribution in [-0.2, 0) is 0 Å². The van der Waals surface area contributed by atoms with Crippen LogP contribution in [0.15, 0.2) is 42.5 Å². The van der Waals surface area contributed by atoms with Gasteiger partial charge in [0.15, 0.2) is 0 Å². The fraction of sp³-hybridized carbons (Fsp3) is 0.350. The molecule has 0 bridgehead atoms. The van der Waals surface area contributed by atoms with Crippen molar-refractivity contribution in [2.45, 2.75) is 44.9 Å². The van der Waals surface area contributed by atoms with Gasteiger partial charge >= 0.3 is 0 Å². The lowest BCUT2D eigenvalue weighted by Gasteiger charge is -2.22. The molecule has 0 heterocycles. The summed E-state index contributed by atoms with van der Waals surface area (Å²) in [4.78, 5) is 12.4. The van der Waals surface area contributed by atoms with Crippen LogP contribution in [0.4, 0.5) is 5.69 Å². The number of aryl methyl sites for hydroxylation is 1. The van der Waals surface area contributed by atoms with Crippen LogP contribution < -0.4 is 5.32 Å². The summed E-state index contributed by atoms with van der Waals surface area (Å²) in [6.45, 7) is 1.93. The standard InChI is InChI=1S/C20H22ClNO/c1-14-13-18(11-12-19(14)21)22-20(23)17-9-7-16(8-10-17)15-5-3-2-4-6-15/h7-13,15H,2-6H2,1H3,(H,22,23). The topological polar surface area (TPSA) is 29.1 Å². The molecule has 0 saturated heterocycles. The first-order chi connectivity index (χ1) is 11.1. The molecule has 0 spiro atoms. The Morgan fingerprint density at radius 3 is 2.39 bits per heavy atom. The summed E-state index contributed by atoms with van der Waals surface area (Å²) in [7, 11) is 0. The molecule has 0 aliphatic heterocycles. The second-order valence-electron chi connectivity index (χ2n) is 6.38. The monoisotopic (exact) mass is 327 g/mol. The predicted molar refractivity (Wildman–Crippen MR) is 96.4 cm³/mol. The average molecular weight is 328 g/mol. The Kier molecular flexibility index (Phi) is 5.02. The van der Waals surface area contributed by atoms with Gasteiger partial charge in [0.1, 0.15) is 0 Å². The Hall–Kier alpha value is -1.80. The van der Waals surface area contributed by atoms with Crippen molar-refractivity contribution < 1.29 is 4.79 Å². The molecule has 1 aliphatic rings. The van der Waals surface area contributed by atoms with Gasteiger partial charge in [-0.1, -0.05) is 43.0 Å². The largest absolute Gasteiger partial charge is 0.322 e. The summed E-state index contributed by atoms with van der Waals surface area (Å²) < 4.78 is 0. The predicted octanol–water partition coefficient (Wildman–Crippen LogP) is 5.95. The van der Waals surface area contributed by atoms with E-state index >= 15 is 0 Å². The van der Waals surface area contributed by atoms with E-state index in [0.29, 0.717) is 16.5 Å². The Labute approximate surface area is 142 Å². The van der Waals surface area contributed by atoms with E-state index in [-0.39, 0.29) is 5.91 Å². The van der Waals surface area contributed by atoms with Crippen LogP contribution >= 0.6 is 11.6 Å². The van der Waals surface area contributed by atoms with E-state index < -0.39 is 0 Å². The molecule has 120 valence electrons. The normalized spacial score (nSPS) is 15.4. The molecule has 0 unspecified atom stereocenters. The number of nitrogens with one attached hydrogen (secondary N) is 1. The Bertz CT molecular complexity index is 687. The number of benzene rings is 2. The van der Waals surface area contributed by atoms with Crippen LogP contribution in [0, 0.1) is 6.92 Å². The maximum absolute atomic E-state index is 12.4. The van der Waals surface area contributed by atoms with E-state index in [1.165, 1.54) is 37.7 Å². The number of carbonyl (C=O) groups excluding carboxylic acids is 1. The van der Waals surface area contributed by atoms with E-state index in [4.69, 9.17) is 11.6 Å². The number of anilines is 1. The molecule has 3 heteroatoms. The molecule has 1 fully saturated rings. The maximum Gasteiger partial charge on any atom is 0.255 e. The first kappa shape index (κ1) is 16.1. The molecule has 23 heavy (non-hydrogen) atoms. The highest BCUT2D eigenvalue weighted by Crippen LogP contribution is 2.32. The first-order valence-electron chi connectivity index (χ1n) is 8.31. The van der Waals surface area contributed by atoms with Crippen LogP contribution in [0.3, 0.4) is 0 Å². The third-order valence-corrected chi connectivity index (χ3v) is 5.09. The van der Waals surface area contributed by atoms with Crippen molar-refractivity contribution in [2.75, 3.05) is 5.32 Å². The average Bonchev–Trinajstić information content (AvgIpc) is 2.59. The highest BCUT2D eigenvalue weighted by Gasteiger charge is 2.16. The molecule has 2 aromatic carbocycles. The fourth-order valence-electron chi connectivity index (χ4n) is 3.27. The molecular weight excluding hydrogens is 306 g/mol. The lowest BCUT2D eigenvalue weighted by Crippen LogP contribution is -2.12. The summed E-state index contributed by atoms with van der Waals surface area (Å²) in [6.07, 6.45) is 6.55.